The van der Waals surface area contributed by atoms with Crippen LogP contribution in [0.3, 0.4) is 0 Å². The zero-order valence-corrected chi connectivity index (χ0v) is 10.0. The van der Waals surface area contributed by atoms with E-state index in [4.69, 9.17) is 18.1 Å². The van der Waals surface area contributed by atoms with Gasteiger partial charge in [-0.3, -0.25) is 5.10 Å². The van der Waals surface area contributed by atoms with Gasteiger partial charge in [0, 0.05) is 5.69 Å². The molecule has 7 heteroatoms. The fourth-order valence-electron chi connectivity index (χ4n) is 1.51. The van der Waals surface area contributed by atoms with Gasteiger partial charge in [-0.15, -0.1) is 0 Å². The number of nitrogens with zero attached hydrogens (tertiary/aromatic N) is 3. The lowest BCUT2D eigenvalue weighted by molar-refractivity contribution is 0.633. The molecule has 2 aromatic heterocycles. The second-order valence-electron chi connectivity index (χ2n) is 4.10. The van der Waals surface area contributed by atoms with Crippen LogP contribution in [0.1, 0.15) is 19.5 Å². The fraction of sp³-hybridized carbons (Fsp3) is 0.444. The van der Waals surface area contributed by atoms with E-state index in [0.717, 1.165) is 12.1 Å². The number of aromatic amines is 2. The van der Waals surface area contributed by atoms with Gasteiger partial charge in [0.15, 0.2) is 0 Å². The Hall–Kier alpha value is -1.63. The molecular formula is C9H14N6S. The third kappa shape index (κ3) is 1.99. The highest BCUT2D eigenvalue weighted by atomic mass is 32.1. The van der Waals surface area contributed by atoms with Gasteiger partial charge in [0.2, 0.25) is 10.6 Å². The molecule has 0 aliphatic heterocycles. The van der Waals surface area contributed by atoms with Crippen LogP contribution in [0.15, 0.2) is 6.07 Å². The van der Waals surface area contributed by atoms with Gasteiger partial charge in [-0.05, 0) is 30.6 Å². The van der Waals surface area contributed by atoms with Crippen molar-refractivity contribution in [2.24, 2.45) is 5.92 Å². The van der Waals surface area contributed by atoms with Gasteiger partial charge >= 0.3 is 0 Å². The third-order valence-electron chi connectivity index (χ3n) is 2.19. The molecule has 6 nitrogen and oxygen atoms in total. The lowest BCUT2D eigenvalue weighted by Crippen LogP contribution is -2.10. The minimum absolute atomic E-state index is 0.378. The maximum atomic E-state index is 5.71. The minimum Gasteiger partial charge on any atom is -0.335 e. The van der Waals surface area contributed by atoms with Gasteiger partial charge in [0.1, 0.15) is 5.69 Å². The monoisotopic (exact) mass is 238 g/mol. The van der Waals surface area contributed by atoms with E-state index in [1.807, 2.05) is 6.07 Å². The van der Waals surface area contributed by atoms with E-state index >= 15 is 0 Å². The van der Waals surface area contributed by atoms with Crippen molar-refractivity contribution in [1.29, 1.82) is 0 Å². The maximum absolute atomic E-state index is 5.71. The number of nitrogen functional groups attached to an aromatic ring is 1. The van der Waals surface area contributed by atoms with Crippen LogP contribution in [0.2, 0.25) is 0 Å². The second-order valence-corrected chi connectivity index (χ2v) is 4.49. The van der Waals surface area contributed by atoms with Gasteiger partial charge < -0.3 is 5.84 Å². The summed E-state index contributed by atoms with van der Waals surface area (Å²) in [5, 5.41) is 13.8. The predicted molar refractivity (Wildman–Crippen MR) is 63.7 cm³/mol. The Morgan fingerprint density at radius 1 is 1.44 bits per heavy atom. The molecule has 0 aliphatic rings. The Kier molecular flexibility index (Phi) is 2.78. The summed E-state index contributed by atoms with van der Waals surface area (Å²) in [6.45, 7) is 4.30. The van der Waals surface area contributed by atoms with E-state index in [1.165, 1.54) is 4.68 Å². The molecule has 0 saturated carbocycles. The zero-order valence-electron chi connectivity index (χ0n) is 9.19. The van der Waals surface area contributed by atoms with Crippen LogP contribution < -0.4 is 5.84 Å². The molecule has 0 aromatic carbocycles. The number of H-pyrrole nitrogens is 2. The van der Waals surface area contributed by atoms with Gasteiger partial charge in [-0.2, -0.15) is 10.2 Å². The largest absolute Gasteiger partial charge is 0.335 e. The summed E-state index contributed by atoms with van der Waals surface area (Å²) < 4.78 is 1.69. The number of aromatic nitrogens is 5. The molecular weight excluding hydrogens is 224 g/mol. The van der Waals surface area contributed by atoms with E-state index in [2.05, 4.69) is 34.2 Å². The normalized spacial score (nSPS) is 11.2. The van der Waals surface area contributed by atoms with Crippen LogP contribution in [0.25, 0.3) is 11.5 Å². The minimum atomic E-state index is 0.378. The topological polar surface area (TPSA) is 88.3 Å². The molecule has 2 heterocycles. The molecule has 0 amide bonds. The molecule has 0 radical (unpaired) electrons. The maximum Gasteiger partial charge on any atom is 0.214 e. The molecule has 2 aromatic rings. The second kappa shape index (κ2) is 4.09. The summed E-state index contributed by atoms with van der Waals surface area (Å²) in [6, 6.07) is 1.94. The molecule has 16 heavy (non-hydrogen) atoms. The van der Waals surface area contributed by atoms with Crippen LogP contribution in [-0.4, -0.2) is 25.1 Å². The van der Waals surface area contributed by atoms with Crippen molar-refractivity contribution in [3.05, 3.63) is 16.5 Å². The van der Waals surface area contributed by atoms with Gasteiger partial charge in [-0.1, -0.05) is 13.8 Å². The lowest BCUT2D eigenvalue weighted by atomic mass is 10.1. The molecule has 0 bridgehead atoms. The first kappa shape index (κ1) is 10.9. The quantitative estimate of drug-likeness (QED) is 0.554. The Labute approximate surface area is 97.8 Å². The van der Waals surface area contributed by atoms with Gasteiger partial charge in [0.25, 0.3) is 0 Å². The zero-order chi connectivity index (χ0) is 11.7. The Morgan fingerprint density at radius 3 is 2.75 bits per heavy atom. The SMILES string of the molecule is CC(C)Cc1cc(-c2n[nH]c(=S)n2N)n[nH]1. The van der Waals surface area contributed by atoms with Crippen molar-refractivity contribution in [2.75, 3.05) is 5.84 Å². The molecule has 4 N–H and O–H groups in total. The summed E-state index contributed by atoms with van der Waals surface area (Å²) in [5.41, 5.74) is 1.77. The van der Waals surface area contributed by atoms with E-state index < -0.39 is 0 Å². The first-order chi connectivity index (χ1) is 7.58. The average Bonchev–Trinajstić information content (AvgIpc) is 2.75. The van der Waals surface area contributed by atoms with Crippen LogP contribution in [0.4, 0.5) is 0 Å². The van der Waals surface area contributed by atoms with Crippen LogP contribution >= 0.6 is 12.2 Å². The standard InChI is InChI=1S/C9H14N6S/c1-5(2)3-6-4-7(12-11-6)8-13-14-9(16)15(8)10/h4-5H,3,10H2,1-2H3,(H,11,12)(H,14,16). The van der Waals surface area contributed by atoms with E-state index in [1.54, 1.807) is 0 Å². The fourth-order valence-corrected chi connectivity index (χ4v) is 1.64. The lowest BCUT2D eigenvalue weighted by Gasteiger charge is -1.98. The molecule has 86 valence electrons. The highest BCUT2D eigenvalue weighted by Crippen LogP contribution is 2.15. The first-order valence-electron chi connectivity index (χ1n) is 5.05. The molecule has 0 aliphatic carbocycles. The summed E-state index contributed by atoms with van der Waals surface area (Å²) in [5.74, 6) is 6.82. The Bertz CT molecular complexity index is 534. The Balaban J connectivity index is 2.31. The van der Waals surface area contributed by atoms with Crippen LogP contribution in [-0.2, 0) is 6.42 Å². The molecule has 0 saturated heterocycles. The number of nitrogens with two attached hydrogens (primary N) is 1. The first-order valence-corrected chi connectivity index (χ1v) is 5.46. The molecule has 0 atom stereocenters. The number of hydrogen-bond donors (Lipinski definition) is 3. The van der Waals surface area contributed by atoms with Crippen molar-refractivity contribution >= 4 is 12.2 Å². The smallest absolute Gasteiger partial charge is 0.214 e. The number of rotatable bonds is 3. The molecule has 2 rings (SSSR count). The van der Waals surface area contributed by atoms with Gasteiger partial charge in [-0.25, -0.2) is 9.77 Å². The molecule has 0 spiro atoms. The average molecular weight is 238 g/mol. The van der Waals surface area contributed by atoms with Crippen molar-refractivity contribution < 1.29 is 0 Å². The third-order valence-corrected chi connectivity index (χ3v) is 2.48. The van der Waals surface area contributed by atoms with Crippen molar-refractivity contribution in [1.82, 2.24) is 25.1 Å². The molecule has 0 unspecified atom stereocenters. The van der Waals surface area contributed by atoms with Crippen molar-refractivity contribution in [3.63, 3.8) is 0 Å². The summed E-state index contributed by atoms with van der Waals surface area (Å²) in [7, 11) is 0. The summed E-state index contributed by atoms with van der Waals surface area (Å²) in [4.78, 5) is 0. The highest BCUT2D eigenvalue weighted by molar-refractivity contribution is 7.71. The van der Waals surface area contributed by atoms with Crippen molar-refractivity contribution in [3.8, 4) is 11.5 Å². The number of hydrogen-bond acceptors (Lipinski definition) is 4. The summed E-state index contributed by atoms with van der Waals surface area (Å²) >= 11 is 4.93. The predicted octanol–water partition coefficient (Wildman–Crippen LogP) is 1.24. The summed E-state index contributed by atoms with van der Waals surface area (Å²) in [6.07, 6.45) is 0.947. The highest BCUT2D eigenvalue weighted by Gasteiger charge is 2.11. The van der Waals surface area contributed by atoms with Crippen molar-refractivity contribution in [2.45, 2.75) is 20.3 Å². The molecule has 0 fully saturated rings. The Morgan fingerprint density at radius 2 is 2.19 bits per heavy atom. The number of nitrogens with one attached hydrogen (secondary N) is 2. The van der Waals surface area contributed by atoms with E-state index in [0.29, 0.717) is 22.2 Å². The van der Waals surface area contributed by atoms with Crippen LogP contribution in [0.5, 0.6) is 0 Å². The van der Waals surface area contributed by atoms with Gasteiger partial charge in [0.05, 0.1) is 0 Å². The van der Waals surface area contributed by atoms with Crippen LogP contribution in [0, 0.1) is 10.7 Å². The van der Waals surface area contributed by atoms with E-state index in [9.17, 15) is 0 Å². The van der Waals surface area contributed by atoms with E-state index in [-0.39, 0.29) is 0 Å².